The first-order chi connectivity index (χ1) is 10.9. The van der Waals surface area contributed by atoms with Crippen LogP contribution in [0.25, 0.3) is 0 Å². The van der Waals surface area contributed by atoms with E-state index in [4.69, 9.17) is 0 Å². The van der Waals surface area contributed by atoms with Crippen LogP contribution in [-0.2, 0) is 12.8 Å². The minimum Gasteiger partial charge on any atom is -0.0841 e. The van der Waals surface area contributed by atoms with Crippen LogP contribution in [0.1, 0.15) is 24.0 Å². The van der Waals surface area contributed by atoms with Crippen LogP contribution in [-0.4, -0.2) is 0 Å². The maximum atomic E-state index is 2.51. The zero-order chi connectivity index (χ0) is 14.8. The molecule has 22 heavy (non-hydrogen) atoms. The van der Waals surface area contributed by atoms with Crippen LogP contribution < -0.4 is 0 Å². The third kappa shape index (κ3) is 2.66. The van der Waals surface area contributed by atoms with E-state index in [2.05, 4.69) is 72.8 Å². The second kappa shape index (κ2) is 5.96. The van der Waals surface area contributed by atoms with Crippen molar-refractivity contribution in [3.8, 4) is 0 Å². The molecular weight excluding hydrogens is 264 g/mol. The van der Waals surface area contributed by atoms with E-state index >= 15 is 0 Å². The Labute approximate surface area is 133 Å². The molecule has 2 aliphatic rings. The Morgan fingerprint density at radius 2 is 1.00 bits per heavy atom. The van der Waals surface area contributed by atoms with Crippen molar-refractivity contribution in [2.24, 2.45) is 11.8 Å². The molecule has 0 saturated heterocycles. The largest absolute Gasteiger partial charge is 0.0841 e. The molecule has 0 amide bonds. The van der Waals surface area contributed by atoms with Crippen molar-refractivity contribution in [3.63, 3.8) is 0 Å². The highest BCUT2D eigenvalue weighted by Crippen LogP contribution is 2.46. The van der Waals surface area contributed by atoms with Crippen molar-refractivity contribution < 1.29 is 0 Å². The topological polar surface area (TPSA) is 0 Å². The highest BCUT2D eigenvalue weighted by molar-refractivity contribution is 5.36. The summed E-state index contributed by atoms with van der Waals surface area (Å²) in [7, 11) is 0. The second-order valence-electron chi connectivity index (χ2n) is 6.57. The van der Waals surface area contributed by atoms with Gasteiger partial charge in [-0.05, 0) is 48.6 Å². The minimum atomic E-state index is 0.763. The van der Waals surface area contributed by atoms with Gasteiger partial charge in [-0.15, -0.1) is 0 Å². The standard InChI is InChI=1S/C22H22/c1-3-7-17(8-4-1)15-19-11-13-22-20(12-14-21(19)22)16-18-9-5-2-6-10-18/h1-12,21-22H,13-16H2/t21-,22-/m1/s1. The summed E-state index contributed by atoms with van der Waals surface area (Å²) in [5.74, 6) is 1.53. The lowest BCUT2D eigenvalue weighted by Gasteiger charge is -2.18. The van der Waals surface area contributed by atoms with Crippen LogP contribution in [0.3, 0.4) is 0 Å². The van der Waals surface area contributed by atoms with Gasteiger partial charge in [0.15, 0.2) is 0 Å². The van der Waals surface area contributed by atoms with Crippen molar-refractivity contribution in [2.75, 3.05) is 0 Å². The third-order valence-electron chi connectivity index (χ3n) is 5.21. The molecule has 2 aromatic rings. The van der Waals surface area contributed by atoms with Crippen LogP contribution in [0.5, 0.6) is 0 Å². The summed E-state index contributed by atoms with van der Waals surface area (Å²) >= 11 is 0. The van der Waals surface area contributed by atoms with Crippen molar-refractivity contribution in [1.82, 2.24) is 0 Å². The molecular formula is C22H22. The van der Waals surface area contributed by atoms with E-state index in [0.717, 1.165) is 24.7 Å². The monoisotopic (exact) mass is 286 g/mol. The summed E-state index contributed by atoms with van der Waals surface area (Å²) < 4.78 is 0. The molecule has 0 spiro atoms. The fourth-order valence-corrected chi connectivity index (χ4v) is 4.08. The SMILES string of the molecule is C1=C(Cc2ccccc2)[C@H]2CC=C(Cc3ccccc3)[C@H]2C1. The molecule has 0 fully saturated rings. The quantitative estimate of drug-likeness (QED) is 0.663. The molecule has 0 aliphatic heterocycles. The van der Waals surface area contributed by atoms with Gasteiger partial charge in [-0.25, -0.2) is 0 Å². The summed E-state index contributed by atoms with van der Waals surface area (Å²) in [4.78, 5) is 0. The maximum Gasteiger partial charge on any atom is -0.00640 e. The van der Waals surface area contributed by atoms with E-state index in [1.54, 1.807) is 11.1 Å². The van der Waals surface area contributed by atoms with Gasteiger partial charge < -0.3 is 0 Å². The Bertz CT molecular complexity index is 628. The van der Waals surface area contributed by atoms with Crippen LogP contribution in [0, 0.1) is 11.8 Å². The van der Waals surface area contributed by atoms with Crippen molar-refractivity contribution in [1.29, 1.82) is 0 Å². The number of hydrogen-bond donors (Lipinski definition) is 0. The smallest absolute Gasteiger partial charge is 0.00640 e. The summed E-state index contributed by atoms with van der Waals surface area (Å²) in [5, 5.41) is 0. The molecule has 2 aromatic carbocycles. The fourth-order valence-electron chi connectivity index (χ4n) is 4.08. The number of allylic oxidation sites excluding steroid dienone is 4. The van der Waals surface area contributed by atoms with Gasteiger partial charge in [-0.1, -0.05) is 84.0 Å². The zero-order valence-electron chi connectivity index (χ0n) is 12.9. The molecule has 2 atom stereocenters. The van der Waals surface area contributed by atoms with Gasteiger partial charge in [0.05, 0.1) is 0 Å². The Morgan fingerprint density at radius 1 is 0.591 bits per heavy atom. The van der Waals surface area contributed by atoms with E-state index in [0.29, 0.717) is 0 Å². The van der Waals surface area contributed by atoms with Crippen LogP contribution in [0.15, 0.2) is 84.0 Å². The van der Waals surface area contributed by atoms with Crippen LogP contribution >= 0.6 is 0 Å². The molecule has 0 heterocycles. The molecule has 0 radical (unpaired) electrons. The predicted molar refractivity (Wildman–Crippen MR) is 92.7 cm³/mol. The third-order valence-corrected chi connectivity index (χ3v) is 5.21. The molecule has 0 aromatic heterocycles. The van der Waals surface area contributed by atoms with Crippen LogP contribution in [0.2, 0.25) is 0 Å². The van der Waals surface area contributed by atoms with Crippen molar-refractivity contribution in [3.05, 3.63) is 95.1 Å². The lowest BCUT2D eigenvalue weighted by atomic mass is 9.86. The molecule has 0 heteroatoms. The molecule has 2 aliphatic carbocycles. The molecule has 0 unspecified atom stereocenters. The fraction of sp³-hybridized carbons (Fsp3) is 0.273. The molecule has 0 N–H and O–H groups in total. The Kier molecular flexibility index (Phi) is 3.68. The predicted octanol–water partition coefficient (Wildman–Crippen LogP) is 5.36. The van der Waals surface area contributed by atoms with Gasteiger partial charge >= 0.3 is 0 Å². The Balaban J connectivity index is 1.44. The number of benzene rings is 2. The van der Waals surface area contributed by atoms with E-state index < -0.39 is 0 Å². The average molecular weight is 286 g/mol. The summed E-state index contributed by atoms with van der Waals surface area (Å²) in [6.07, 6.45) is 9.78. The summed E-state index contributed by atoms with van der Waals surface area (Å²) in [5.41, 5.74) is 6.22. The van der Waals surface area contributed by atoms with E-state index in [9.17, 15) is 0 Å². The van der Waals surface area contributed by atoms with E-state index in [-0.39, 0.29) is 0 Å². The Morgan fingerprint density at radius 3 is 1.41 bits per heavy atom. The van der Waals surface area contributed by atoms with Gasteiger partial charge in [-0.2, -0.15) is 0 Å². The molecule has 0 bridgehead atoms. The molecule has 0 nitrogen and oxygen atoms in total. The maximum absolute atomic E-state index is 2.51. The van der Waals surface area contributed by atoms with E-state index in [1.165, 1.54) is 24.0 Å². The lowest BCUT2D eigenvalue weighted by Crippen LogP contribution is -2.10. The first-order valence-corrected chi connectivity index (χ1v) is 8.36. The lowest BCUT2D eigenvalue weighted by molar-refractivity contribution is 0.499. The van der Waals surface area contributed by atoms with E-state index in [1.807, 2.05) is 0 Å². The van der Waals surface area contributed by atoms with Crippen molar-refractivity contribution >= 4 is 0 Å². The number of fused-ring (bicyclic) bond motifs is 1. The summed E-state index contributed by atoms with van der Waals surface area (Å²) in [6, 6.07) is 21.8. The Hall–Kier alpha value is -2.08. The molecule has 110 valence electrons. The van der Waals surface area contributed by atoms with Gasteiger partial charge in [0.2, 0.25) is 0 Å². The number of rotatable bonds is 4. The molecule has 0 saturated carbocycles. The highest BCUT2D eigenvalue weighted by Gasteiger charge is 2.35. The highest BCUT2D eigenvalue weighted by atomic mass is 14.4. The summed E-state index contributed by atoms with van der Waals surface area (Å²) in [6.45, 7) is 0. The normalized spacial score (nSPS) is 23.1. The second-order valence-corrected chi connectivity index (χ2v) is 6.57. The van der Waals surface area contributed by atoms with Crippen molar-refractivity contribution in [2.45, 2.75) is 25.7 Å². The minimum absolute atomic E-state index is 0.763. The van der Waals surface area contributed by atoms with Gasteiger partial charge in [0.25, 0.3) is 0 Å². The van der Waals surface area contributed by atoms with Crippen LogP contribution in [0.4, 0.5) is 0 Å². The van der Waals surface area contributed by atoms with Gasteiger partial charge in [0, 0.05) is 0 Å². The first kappa shape index (κ1) is 13.6. The number of hydrogen-bond acceptors (Lipinski definition) is 0. The zero-order valence-corrected chi connectivity index (χ0v) is 12.9. The van der Waals surface area contributed by atoms with Gasteiger partial charge in [-0.3, -0.25) is 0 Å². The average Bonchev–Trinajstić information content (AvgIpc) is 3.14. The van der Waals surface area contributed by atoms with Gasteiger partial charge in [0.1, 0.15) is 0 Å². The first-order valence-electron chi connectivity index (χ1n) is 8.36. The molecule has 4 rings (SSSR count).